The van der Waals surface area contributed by atoms with Crippen molar-refractivity contribution in [2.24, 2.45) is 0 Å². The predicted octanol–water partition coefficient (Wildman–Crippen LogP) is 3.03. The maximum absolute atomic E-state index is 12.4. The second-order valence-electron chi connectivity index (χ2n) is 6.16. The summed E-state index contributed by atoms with van der Waals surface area (Å²) in [5.74, 6) is -0.0959. The molecule has 0 fully saturated rings. The normalized spacial score (nSPS) is 12.3. The molecule has 0 spiro atoms. The third-order valence-corrected chi connectivity index (χ3v) is 4.79. The molecule has 1 atom stereocenters. The number of benzene rings is 1. The van der Waals surface area contributed by atoms with Crippen molar-refractivity contribution in [3.05, 3.63) is 76.2 Å². The maximum atomic E-state index is 12.4. The summed E-state index contributed by atoms with van der Waals surface area (Å²) in [4.78, 5) is 14.5. The first-order chi connectivity index (χ1) is 12.1. The van der Waals surface area contributed by atoms with Gasteiger partial charge in [-0.3, -0.25) is 9.48 Å². The Bertz CT molecular complexity index is 796. The lowest BCUT2D eigenvalue weighted by molar-refractivity contribution is 0.0942. The van der Waals surface area contributed by atoms with Gasteiger partial charge in [-0.15, -0.1) is 0 Å². The number of aromatic nitrogens is 2. The van der Waals surface area contributed by atoms with E-state index < -0.39 is 0 Å². The van der Waals surface area contributed by atoms with Crippen molar-refractivity contribution >= 4 is 17.2 Å². The molecule has 1 aromatic carbocycles. The molecule has 130 valence electrons. The van der Waals surface area contributed by atoms with E-state index in [-0.39, 0.29) is 11.9 Å². The van der Waals surface area contributed by atoms with E-state index in [0.717, 1.165) is 5.56 Å². The van der Waals surface area contributed by atoms with Crippen molar-refractivity contribution in [3.63, 3.8) is 0 Å². The van der Waals surface area contributed by atoms with Crippen molar-refractivity contribution < 1.29 is 4.79 Å². The van der Waals surface area contributed by atoms with E-state index in [1.54, 1.807) is 28.4 Å². The van der Waals surface area contributed by atoms with Crippen molar-refractivity contribution in [1.29, 1.82) is 0 Å². The molecule has 0 aliphatic rings. The largest absolute Gasteiger partial charge is 0.350 e. The smallest absolute Gasteiger partial charge is 0.254 e. The summed E-state index contributed by atoms with van der Waals surface area (Å²) < 4.78 is 1.78. The van der Waals surface area contributed by atoms with Gasteiger partial charge in [-0.25, -0.2) is 0 Å². The third-order valence-electron chi connectivity index (χ3n) is 4.09. The number of rotatable bonds is 7. The lowest BCUT2D eigenvalue weighted by atomic mass is 10.1. The Hall–Kier alpha value is -2.44. The van der Waals surface area contributed by atoms with Crippen LogP contribution in [-0.4, -0.2) is 41.2 Å². The molecule has 5 nitrogen and oxygen atoms in total. The average molecular weight is 354 g/mol. The van der Waals surface area contributed by atoms with Crippen LogP contribution in [0.4, 0.5) is 0 Å². The molecule has 1 unspecified atom stereocenters. The van der Waals surface area contributed by atoms with Crippen molar-refractivity contribution in [2.75, 3.05) is 20.6 Å². The first kappa shape index (κ1) is 17.4. The Balaban J connectivity index is 1.60. The number of thiophene rings is 1. The first-order valence-corrected chi connectivity index (χ1v) is 9.11. The van der Waals surface area contributed by atoms with Gasteiger partial charge in [0.05, 0.1) is 24.3 Å². The maximum Gasteiger partial charge on any atom is 0.254 e. The summed E-state index contributed by atoms with van der Waals surface area (Å²) in [6.45, 7) is 1.22. The van der Waals surface area contributed by atoms with E-state index in [4.69, 9.17) is 0 Å². The van der Waals surface area contributed by atoms with E-state index in [1.165, 1.54) is 5.56 Å². The zero-order valence-corrected chi connectivity index (χ0v) is 15.2. The lowest BCUT2D eigenvalue weighted by Crippen LogP contribution is -2.34. The van der Waals surface area contributed by atoms with E-state index in [2.05, 4.69) is 32.1 Å². The van der Waals surface area contributed by atoms with E-state index in [0.29, 0.717) is 18.7 Å². The van der Waals surface area contributed by atoms with Gasteiger partial charge < -0.3 is 10.2 Å². The average Bonchev–Trinajstić information content (AvgIpc) is 3.28. The molecule has 25 heavy (non-hydrogen) atoms. The molecule has 3 aromatic rings. The number of amides is 1. The summed E-state index contributed by atoms with van der Waals surface area (Å²) in [6, 6.07) is 12.3. The molecule has 1 amide bonds. The summed E-state index contributed by atoms with van der Waals surface area (Å²) in [5, 5.41) is 11.5. The van der Waals surface area contributed by atoms with Crippen LogP contribution in [0.5, 0.6) is 0 Å². The van der Waals surface area contributed by atoms with Crippen molar-refractivity contribution in [2.45, 2.75) is 12.6 Å². The fourth-order valence-electron chi connectivity index (χ4n) is 2.69. The Morgan fingerprint density at radius 1 is 1.28 bits per heavy atom. The summed E-state index contributed by atoms with van der Waals surface area (Å²) in [6.07, 6.45) is 3.41. The number of likely N-dealkylation sites (N-methyl/N-ethyl adjacent to an activating group) is 1. The highest BCUT2D eigenvalue weighted by molar-refractivity contribution is 7.07. The molecule has 0 aliphatic heterocycles. The second kappa shape index (κ2) is 8.09. The van der Waals surface area contributed by atoms with Gasteiger partial charge in [0.25, 0.3) is 5.91 Å². The van der Waals surface area contributed by atoms with Gasteiger partial charge in [-0.05, 0) is 42.0 Å². The SMILES string of the molecule is CN(C)C(CNC(=O)c1cnn(Cc2ccccc2)c1)c1ccsc1. The van der Waals surface area contributed by atoms with Gasteiger partial charge in [-0.1, -0.05) is 30.3 Å². The van der Waals surface area contributed by atoms with Crippen LogP contribution >= 0.6 is 11.3 Å². The number of nitrogens with one attached hydrogen (secondary N) is 1. The number of hydrogen-bond donors (Lipinski definition) is 1. The lowest BCUT2D eigenvalue weighted by Gasteiger charge is -2.23. The van der Waals surface area contributed by atoms with Crippen LogP contribution in [0.2, 0.25) is 0 Å². The van der Waals surface area contributed by atoms with Crippen molar-refractivity contribution in [1.82, 2.24) is 20.0 Å². The molecule has 0 saturated heterocycles. The van der Waals surface area contributed by atoms with Crippen LogP contribution in [-0.2, 0) is 6.54 Å². The molecule has 0 radical (unpaired) electrons. The molecular formula is C19H22N4OS. The predicted molar refractivity (Wildman–Crippen MR) is 101 cm³/mol. The Morgan fingerprint density at radius 3 is 2.76 bits per heavy atom. The molecule has 0 aliphatic carbocycles. The third kappa shape index (κ3) is 4.55. The minimum Gasteiger partial charge on any atom is -0.350 e. The molecule has 0 bridgehead atoms. The molecular weight excluding hydrogens is 332 g/mol. The molecule has 3 rings (SSSR count). The van der Waals surface area contributed by atoms with Gasteiger partial charge in [0.1, 0.15) is 0 Å². The molecule has 2 heterocycles. The monoisotopic (exact) mass is 354 g/mol. The molecule has 2 aromatic heterocycles. The quantitative estimate of drug-likeness (QED) is 0.709. The van der Waals surface area contributed by atoms with Gasteiger partial charge >= 0.3 is 0 Å². The molecule has 0 saturated carbocycles. The van der Waals surface area contributed by atoms with E-state index in [1.807, 2.05) is 44.4 Å². The van der Waals surface area contributed by atoms with Crippen LogP contribution in [0.3, 0.4) is 0 Å². The highest BCUT2D eigenvalue weighted by Crippen LogP contribution is 2.20. The zero-order valence-electron chi connectivity index (χ0n) is 14.4. The summed E-state index contributed by atoms with van der Waals surface area (Å²) in [5.41, 5.74) is 2.96. The topological polar surface area (TPSA) is 50.2 Å². The standard InChI is InChI=1S/C19H22N4OS/c1-22(2)18(16-8-9-25-14-16)11-20-19(24)17-10-21-23(13-17)12-15-6-4-3-5-7-15/h3-10,13-14,18H,11-12H2,1-2H3,(H,20,24). The second-order valence-corrected chi connectivity index (χ2v) is 6.94. The fourth-order valence-corrected chi connectivity index (χ4v) is 3.40. The Kier molecular flexibility index (Phi) is 5.63. The fraction of sp³-hybridized carbons (Fsp3) is 0.263. The Labute approximate surface area is 151 Å². The zero-order chi connectivity index (χ0) is 17.6. The molecule has 6 heteroatoms. The molecule has 1 N–H and O–H groups in total. The number of hydrogen-bond acceptors (Lipinski definition) is 4. The van der Waals surface area contributed by atoms with Crippen LogP contribution in [0, 0.1) is 0 Å². The van der Waals surface area contributed by atoms with E-state index in [9.17, 15) is 4.79 Å². The van der Waals surface area contributed by atoms with Gasteiger partial charge in [0.15, 0.2) is 0 Å². The number of carbonyl (C=O) groups is 1. The van der Waals surface area contributed by atoms with Crippen LogP contribution in [0.15, 0.2) is 59.6 Å². The number of carbonyl (C=O) groups excluding carboxylic acids is 1. The van der Waals surface area contributed by atoms with Crippen LogP contribution < -0.4 is 5.32 Å². The number of nitrogens with zero attached hydrogens (tertiary/aromatic N) is 3. The first-order valence-electron chi connectivity index (χ1n) is 8.16. The summed E-state index contributed by atoms with van der Waals surface area (Å²) in [7, 11) is 4.04. The highest BCUT2D eigenvalue weighted by Gasteiger charge is 2.17. The Morgan fingerprint density at radius 2 is 2.08 bits per heavy atom. The van der Waals surface area contributed by atoms with Gasteiger partial charge in [0, 0.05) is 12.7 Å². The van der Waals surface area contributed by atoms with Crippen LogP contribution in [0.25, 0.3) is 0 Å². The van der Waals surface area contributed by atoms with Gasteiger partial charge in [-0.2, -0.15) is 16.4 Å². The minimum atomic E-state index is -0.0959. The minimum absolute atomic E-state index is 0.0959. The van der Waals surface area contributed by atoms with E-state index >= 15 is 0 Å². The van der Waals surface area contributed by atoms with Gasteiger partial charge in [0.2, 0.25) is 0 Å². The summed E-state index contributed by atoms with van der Waals surface area (Å²) >= 11 is 1.67. The van der Waals surface area contributed by atoms with Crippen molar-refractivity contribution in [3.8, 4) is 0 Å². The highest BCUT2D eigenvalue weighted by atomic mass is 32.1. The van der Waals surface area contributed by atoms with Crippen LogP contribution in [0.1, 0.15) is 27.5 Å².